The van der Waals surface area contributed by atoms with Gasteiger partial charge in [-0.2, -0.15) is 0 Å². The van der Waals surface area contributed by atoms with E-state index >= 15 is 0 Å². The van der Waals surface area contributed by atoms with E-state index in [0.29, 0.717) is 5.75 Å². The molecule has 2 aromatic rings. The van der Waals surface area contributed by atoms with E-state index in [1.54, 1.807) is 12.1 Å². The fourth-order valence-electron chi connectivity index (χ4n) is 2.70. The van der Waals surface area contributed by atoms with Crippen molar-refractivity contribution >= 4 is 6.08 Å². The Hall–Kier alpha value is -2.06. The molecular formula is C19H20O2. The van der Waals surface area contributed by atoms with Gasteiger partial charge < -0.3 is 9.84 Å². The maximum atomic E-state index is 9.30. The van der Waals surface area contributed by atoms with Gasteiger partial charge in [-0.05, 0) is 42.5 Å². The highest BCUT2D eigenvalue weighted by Gasteiger charge is 2.23. The van der Waals surface area contributed by atoms with Crippen LogP contribution in [0.1, 0.15) is 24.0 Å². The number of hydrogen-bond acceptors (Lipinski definition) is 2. The molecule has 0 bridgehead atoms. The lowest BCUT2D eigenvalue weighted by molar-refractivity contribution is 0.0720. The van der Waals surface area contributed by atoms with Crippen LogP contribution in [0.5, 0.6) is 5.75 Å². The lowest BCUT2D eigenvalue weighted by atomic mass is 10.1. The van der Waals surface area contributed by atoms with Crippen LogP contribution in [0.4, 0.5) is 0 Å². The third-order valence-electron chi connectivity index (χ3n) is 3.84. The molecule has 21 heavy (non-hydrogen) atoms. The third kappa shape index (κ3) is 3.96. The molecule has 1 heterocycles. The standard InChI is InChI=1S/C19H20O2/c20-17-9-6-16(7-10-17)14-19-13-12-18(21-19)11-8-15-4-2-1-3-5-15/h1-11,18-20H,12-14H2/b11-8+. The molecule has 0 amide bonds. The molecule has 2 atom stereocenters. The Morgan fingerprint density at radius 2 is 1.76 bits per heavy atom. The minimum atomic E-state index is 0.215. The smallest absolute Gasteiger partial charge is 0.115 e. The second-order valence-corrected chi connectivity index (χ2v) is 5.51. The zero-order chi connectivity index (χ0) is 14.5. The van der Waals surface area contributed by atoms with Gasteiger partial charge in [0, 0.05) is 0 Å². The second kappa shape index (κ2) is 6.59. The van der Waals surface area contributed by atoms with Crippen molar-refractivity contribution in [2.24, 2.45) is 0 Å². The fourth-order valence-corrected chi connectivity index (χ4v) is 2.70. The molecule has 0 spiro atoms. The Balaban J connectivity index is 1.53. The number of hydrogen-bond donors (Lipinski definition) is 1. The predicted octanol–water partition coefficient (Wildman–Crippen LogP) is 4.20. The number of aromatic hydroxyl groups is 1. The monoisotopic (exact) mass is 280 g/mol. The minimum Gasteiger partial charge on any atom is -0.508 e. The minimum absolute atomic E-state index is 0.215. The summed E-state index contributed by atoms with van der Waals surface area (Å²) < 4.78 is 6.07. The van der Waals surface area contributed by atoms with Crippen LogP contribution in [0.25, 0.3) is 6.08 Å². The van der Waals surface area contributed by atoms with Gasteiger partial charge in [0.25, 0.3) is 0 Å². The molecule has 1 saturated heterocycles. The summed E-state index contributed by atoms with van der Waals surface area (Å²) in [5, 5.41) is 9.30. The molecule has 2 unspecified atom stereocenters. The van der Waals surface area contributed by atoms with E-state index in [1.807, 2.05) is 30.3 Å². The molecule has 1 fully saturated rings. The molecule has 2 heteroatoms. The van der Waals surface area contributed by atoms with Gasteiger partial charge in [0.05, 0.1) is 12.2 Å². The molecule has 1 aliphatic heterocycles. The van der Waals surface area contributed by atoms with Gasteiger partial charge in [-0.25, -0.2) is 0 Å². The molecular weight excluding hydrogens is 260 g/mol. The first-order valence-electron chi connectivity index (χ1n) is 7.46. The van der Waals surface area contributed by atoms with E-state index in [4.69, 9.17) is 4.74 Å². The normalized spacial score (nSPS) is 21.9. The van der Waals surface area contributed by atoms with Crippen molar-refractivity contribution in [1.29, 1.82) is 0 Å². The highest BCUT2D eigenvalue weighted by atomic mass is 16.5. The van der Waals surface area contributed by atoms with Crippen LogP contribution in [0.2, 0.25) is 0 Å². The quantitative estimate of drug-likeness (QED) is 0.909. The van der Waals surface area contributed by atoms with E-state index in [1.165, 1.54) is 11.1 Å². The van der Waals surface area contributed by atoms with Gasteiger partial charge in [0.2, 0.25) is 0 Å². The van der Waals surface area contributed by atoms with Crippen molar-refractivity contribution in [3.63, 3.8) is 0 Å². The Kier molecular flexibility index (Phi) is 4.37. The van der Waals surface area contributed by atoms with Crippen molar-refractivity contribution in [2.45, 2.75) is 31.5 Å². The summed E-state index contributed by atoms with van der Waals surface area (Å²) >= 11 is 0. The largest absolute Gasteiger partial charge is 0.508 e. The third-order valence-corrected chi connectivity index (χ3v) is 3.84. The molecule has 3 rings (SSSR count). The number of ether oxygens (including phenoxy) is 1. The van der Waals surface area contributed by atoms with Crippen molar-refractivity contribution in [3.05, 3.63) is 71.8 Å². The lowest BCUT2D eigenvalue weighted by Crippen LogP contribution is -2.11. The Bertz CT molecular complexity index is 587. The lowest BCUT2D eigenvalue weighted by Gasteiger charge is -2.11. The van der Waals surface area contributed by atoms with Crippen LogP contribution >= 0.6 is 0 Å². The van der Waals surface area contributed by atoms with Gasteiger partial charge in [-0.15, -0.1) is 0 Å². The van der Waals surface area contributed by atoms with Gasteiger partial charge in [-0.1, -0.05) is 54.6 Å². The summed E-state index contributed by atoms with van der Waals surface area (Å²) in [5.41, 5.74) is 2.42. The molecule has 1 aliphatic rings. The average Bonchev–Trinajstić information content (AvgIpc) is 2.96. The molecule has 2 nitrogen and oxygen atoms in total. The van der Waals surface area contributed by atoms with Crippen molar-refractivity contribution in [3.8, 4) is 5.75 Å². The Labute approximate surface area is 125 Å². The highest BCUT2D eigenvalue weighted by Crippen LogP contribution is 2.24. The van der Waals surface area contributed by atoms with E-state index < -0.39 is 0 Å². The fraction of sp³-hybridized carbons (Fsp3) is 0.263. The van der Waals surface area contributed by atoms with E-state index in [-0.39, 0.29) is 12.2 Å². The summed E-state index contributed by atoms with van der Waals surface area (Å²) in [6.45, 7) is 0. The molecule has 0 aromatic heterocycles. The zero-order valence-electron chi connectivity index (χ0n) is 12.0. The van der Waals surface area contributed by atoms with Crippen LogP contribution in [-0.2, 0) is 11.2 Å². The van der Waals surface area contributed by atoms with Crippen molar-refractivity contribution in [2.75, 3.05) is 0 Å². The van der Waals surface area contributed by atoms with E-state index in [9.17, 15) is 5.11 Å². The van der Waals surface area contributed by atoms with Gasteiger partial charge in [0.1, 0.15) is 5.75 Å². The predicted molar refractivity (Wildman–Crippen MR) is 85.2 cm³/mol. The van der Waals surface area contributed by atoms with Crippen molar-refractivity contribution in [1.82, 2.24) is 0 Å². The van der Waals surface area contributed by atoms with Crippen molar-refractivity contribution < 1.29 is 9.84 Å². The molecule has 0 aliphatic carbocycles. The van der Waals surface area contributed by atoms with Crippen LogP contribution in [0, 0.1) is 0 Å². The van der Waals surface area contributed by atoms with Crippen LogP contribution < -0.4 is 0 Å². The number of rotatable bonds is 4. The molecule has 1 N–H and O–H groups in total. The number of benzene rings is 2. The van der Waals surface area contributed by atoms with Crippen LogP contribution in [-0.4, -0.2) is 17.3 Å². The van der Waals surface area contributed by atoms with Gasteiger partial charge in [-0.3, -0.25) is 0 Å². The van der Waals surface area contributed by atoms with Gasteiger partial charge >= 0.3 is 0 Å². The number of phenols is 1. The summed E-state index contributed by atoms with van der Waals surface area (Å²) in [4.78, 5) is 0. The van der Waals surface area contributed by atoms with Gasteiger partial charge in [0.15, 0.2) is 0 Å². The Morgan fingerprint density at radius 1 is 1.00 bits per heavy atom. The molecule has 0 radical (unpaired) electrons. The summed E-state index contributed by atoms with van der Waals surface area (Å²) in [5.74, 6) is 0.315. The van der Waals surface area contributed by atoms with Crippen LogP contribution in [0.15, 0.2) is 60.7 Å². The SMILES string of the molecule is Oc1ccc(CC2CCC(/C=C/c3ccccc3)O2)cc1. The average molecular weight is 280 g/mol. The first-order valence-corrected chi connectivity index (χ1v) is 7.46. The Morgan fingerprint density at radius 3 is 2.52 bits per heavy atom. The van der Waals surface area contributed by atoms with Crippen LogP contribution in [0.3, 0.4) is 0 Å². The molecule has 2 aromatic carbocycles. The second-order valence-electron chi connectivity index (χ2n) is 5.51. The summed E-state index contributed by atoms with van der Waals surface area (Å²) in [7, 11) is 0. The zero-order valence-corrected chi connectivity index (χ0v) is 12.0. The summed E-state index contributed by atoms with van der Waals surface area (Å²) in [6, 6.07) is 17.7. The number of phenolic OH excluding ortho intramolecular Hbond substituents is 1. The molecule has 108 valence electrons. The first-order chi connectivity index (χ1) is 10.3. The van der Waals surface area contributed by atoms with E-state index in [0.717, 1.165) is 19.3 Å². The maximum Gasteiger partial charge on any atom is 0.115 e. The summed E-state index contributed by atoms with van der Waals surface area (Å²) in [6.07, 6.45) is 7.86. The van der Waals surface area contributed by atoms with E-state index in [2.05, 4.69) is 24.3 Å². The first kappa shape index (κ1) is 13.9. The topological polar surface area (TPSA) is 29.5 Å². The molecule has 0 saturated carbocycles. The highest BCUT2D eigenvalue weighted by molar-refractivity contribution is 5.49. The maximum absolute atomic E-state index is 9.30.